The third-order valence-corrected chi connectivity index (χ3v) is 3.47. The van der Waals surface area contributed by atoms with Gasteiger partial charge in [-0.2, -0.15) is 5.10 Å². The number of amides is 1. The minimum Gasteiger partial charge on any atom is -0.352 e. The lowest BCUT2D eigenvalue weighted by Crippen LogP contribution is -2.33. The Morgan fingerprint density at radius 2 is 2.32 bits per heavy atom. The molecule has 0 spiro atoms. The van der Waals surface area contributed by atoms with Crippen molar-refractivity contribution in [3.05, 3.63) is 35.1 Å². The summed E-state index contributed by atoms with van der Waals surface area (Å²) in [7, 11) is 3.75. The molecule has 102 valence electrons. The van der Waals surface area contributed by atoms with Crippen molar-refractivity contribution < 1.29 is 4.79 Å². The van der Waals surface area contributed by atoms with Crippen molar-refractivity contribution in [2.24, 2.45) is 7.05 Å². The fourth-order valence-electron chi connectivity index (χ4n) is 1.89. The van der Waals surface area contributed by atoms with Crippen LogP contribution in [0.5, 0.6) is 0 Å². The zero-order chi connectivity index (χ0) is 14.0. The molecule has 1 atom stereocenters. The lowest BCUT2D eigenvalue weighted by atomic mass is 10.3. The fourth-order valence-corrected chi connectivity index (χ4v) is 2.47. The average Bonchev–Trinajstić information content (AvgIpc) is 2.98. The number of carbonyl (C=O) groups excluding carboxylic acids is 1. The molecule has 7 heteroatoms. The van der Waals surface area contributed by atoms with Crippen molar-refractivity contribution in [3.63, 3.8) is 0 Å². The van der Waals surface area contributed by atoms with E-state index < -0.39 is 0 Å². The summed E-state index contributed by atoms with van der Waals surface area (Å²) < 4.78 is 4.56. The van der Waals surface area contributed by atoms with Gasteiger partial charge in [-0.15, -0.1) is 0 Å². The number of rotatable bonds is 4. The molecule has 0 radical (unpaired) electrons. The smallest absolute Gasteiger partial charge is 0.247 e. The normalized spacial score (nSPS) is 12.4. The topological polar surface area (TPSA) is 56.0 Å². The highest BCUT2D eigenvalue weighted by Gasteiger charge is 2.20. The number of aryl methyl sites for hydroxylation is 1. The Kier molecular flexibility index (Phi) is 4.04. The molecule has 1 unspecified atom stereocenters. The van der Waals surface area contributed by atoms with Gasteiger partial charge in [-0.25, -0.2) is 9.67 Å². The number of hydrogen-bond donors (Lipinski definition) is 0. The van der Waals surface area contributed by atoms with E-state index in [0.717, 1.165) is 10.2 Å². The lowest BCUT2D eigenvalue weighted by Gasteiger charge is -2.21. The van der Waals surface area contributed by atoms with Gasteiger partial charge in [-0.1, -0.05) is 0 Å². The zero-order valence-corrected chi connectivity index (χ0v) is 12.7. The number of halogens is 1. The molecule has 2 rings (SSSR count). The van der Waals surface area contributed by atoms with E-state index in [9.17, 15) is 4.79 Å². The van der Waals surface area contributed by atoms with Gasteiger partial charge in [0.2, 0.25) is 5.91 Å². The van der Waals surface area contributed by atoms with Crippen molar-refractivity contribution in [1.82, 2.24) is 24.2 Å². The first kappa shape index (κ1) is 13.8. The summed E-state index contributed by atoms with van der Waals surface area (Å²) in [6.07, 6.45) is 4.95. The maximum atomic E-state index is 12.3. The molecule has 1 amide bonds. The van der Waals surface area contributed by atoms with Crippen LogP contribution in [0.4, 0.5) is 0 Å². The predicted octanol–water partition coefficient (Wildman–Crippen LogP) is 1.60. The first-order valence-electron chi connectivity index (χ1n) is 5.89. The van der Waals surface area contributed by atoms with E-state index in [0.29, 0.717) is 6.54 Å². The second kappa shape index (κ2) is 5.56. The van der Waals surface area contributed by atoms with Gasteiger partial charge in [0.15, 0.2) is 0 Å². The van der Waals surface area contributed by atoms with Crippen LogP contribution < -0.4 is 0 Å². The zero-order valence-electron chi connectivity index (χ0n) is 11.1. The van der Waals surface area contributed by atoms with Crippen LogP contribution in [0.3, 0.4) is 0 Å². The molecule has 0 aliphatic heterocycles. The highest BCUT2D eigenvalue weighted by Crippen LogP contribution is 2.16. The molecule has 2 heterocycles. The van der Waals surface area contributed by atoms with Crippen LogP contribution in [0.1, 0.15) is 18.7 Å². The van der Waals surface area contributed by atoms with E-state index in [4.69, 9.17) is 0 Å². The van der Waals surface area contributed by atoms with Crippen molar-refractivity contribution in [3.8, 4) is 0 Å². The summed E-state index contributed by atoms with van der Waals surface area (Å²) in [4.78, 5) is 17.8. The molecule has 0 aliphatic rings. The van der Waals surface area contributed by atoms with E-state index in [1.807, 2.05) is 30.8 Å². The molecule has 2 aromatic rings. The fraction of sp³-hybridized carbons (Fsp3) is 0.417. The van der Waals surface area contributed by atoms with Gasteiger partial charge >= 0.3 is 0 Å². The third kappa shape index (κ3) is 3.04. The predicted molar refractivity (Wildman–Crippen MR) is 74.3 cm³/mol. The van der Waals surface area contributed by atoms with Gasteiger partial charge in [0, 0.05) is 30.5 Å². The molecule has 19 heavy (non-hydrogen) atoms. The van der Waals surface area contributed by atoms with Crippen molar-refractivity contribution in [2.45, 2.75) is 19.5 Å². The summed E-state index contributed by atoms with van der Waals surface area (Å²) in [6.45, 7) is 2.37. The van der Waals surface area contributed by atoms with Crippen LogP contribution in [0.15, 0.2) is 29.4 Å². The van der Waals surface area contributed by atoms with Gasteiger partial charge in [0.25, 0.3) is 0 Å². The molecule has 0 saturated heterocycles. The third-order valence-electron chi connectivity index (χ3n) is 3.04. The van der Waals surface area contributed by atoms with E-state index in [1.165, 1.54) is 6.33 Å². The number of carbonyl (C=O) groups is 1. The maximum Gasteiger partial charge on any atom is 0.247 e. The SMILES string of the molecule is CC(C(=O)N(C)Cc1cc(Br)cn1C)n1cncn1. The van der Waals surface area contributed by atoms with Gasteiger partial charge in [0.05, 0.1) is 6.54 Å². The van der Waals surface area contributed by atoms with Gasteiger partial charge in [-0.3, -0.25) is 4.79 Å². The molecular formula is C12H16BrN5O. The molecular weight excluding hydrogens is 310 g/mol. The largest absolute Gasteiger partial charge is 0.352 e. The molecule has 0 fully saturated rings. The Balaban J connectivity index is 2.05. The van der Waals surface area contributed by atoms with Crippen molar-refractivity contribution in [2.75, 3.05) is 7.05 Å². The van der Waals surface area contributed by atoms with Gasteiger partial charge < -0.3 is 9.47 Å². The van der Waals surface area contributed by atoms with Gasteiger partial charge in [-0.05, 0) is 28.9 Å². The van der Waals surface area contributed by atoms with Crippen LogP contribution in [-0.4, -0.2) is 37.2 Å². The first-order valence-corrected chi connectivity index (χ1v) is 6.68. The number of hydrogen-bond acceptors (Lipinski definition) is 3. The molecule has 0 aliphatic carbocycles. The minimum absolute atomic E-state index is 0.00261. The summed E-state index contributed by atoms with van der Waals surface area (Å²) in [6, 6.07) is 1.65. The van der Waals surface area contributed by atoms with E-state index in [1.54, 1.807) is 23.0 Å². The Morgan fingerprint density at radius 3 is 2.84 bits per heavy atom. The standard InChI is InChI=1S/C12H16BrN5O/c1-9(18-8-14-7-15-18)12(19)17(3)6-11-4-10(13)5-16(11)2/h4-5,7-9H,6H2,1-3H3. The van der Waals surface area contributed by atoms with Crippen LogP contribution in [0, 0.1) is 0 Å². The summed E-state index contributed by atoms with van der Waals surface area (Å²) in [5, 5.41) is 3.99. The van der Waals surface area contributed by atoms with Crippen LogP contribution in [-0.2, 0) is 18.4 Å². The van der Waals surface area contributed by atoms with Gasteiger partial charge in [0.1, 0.15) is 18.7 Å². The first-order chi connectivity index (χ1) is 8.99. The minimum atomic E-state index is -0.351. The summed E-state index contributed by atoms with van der Waals surface area (Å²) in [5.41, 5.74) is 1.06. The summed E-state index contributed by atoms with van der Waals surface area (Å²) in [5.74, 6) is 0.00261. The monoisotopic (exact) mass is 325 g/mol. The molecule has 0 saturated carbocycles. The number of likely N-dealkylation sites (N-methyl/N-ethyl adjacent to an activating group) is 1. The number of aromatic nitrogens is 4. The Labute approximate surface area is 120 Å². The van der Waals surface area contributed by atoms with E-state index in [2.05, 4.69) is 26.0 Å². The van der Waals surface area contributed by atoms with E-state index in [-0.39, 0.29) is 11.9 Å². The second-order valence-corrected chi connectivity index (χ2v) is 5.42. The molecule has 0 bridgehead atoms. The van der Waals surface area contributed by atoms with Crippen molar-refractivity contribution >= 4 is 21.8 Å². The summed E-state index contributed by atoms with van der Waals surface area (Å²) >= 11 is 3.42. The quantitative estimate of drug-likeness (QED) is 0.857. The molecule has 0 N–H and O–H groups in total. The van der Waals surface area contributed by atoms with Crippen LogP contribution >= 0.6 is 15.9 Å². The van der Waals surface area contributed by atoms with E-state index >= 15 is 0 Å². The Morgan fingerprint density at radius 1 is 1.58 bits per heavy atom. The lowest BCUT2D eigenvalue weighted by molar-refractivity contribution is -0.133. The van der Waals surface area contributed by atoms with Crippen LogP contribution in [0.2, 0.25) is 0 Å². The number of nitrogens with zero attached hydrogens (tertiary/aromatic N) is 5. The molecule has 2 aromatic heterocycles. The van der Waals surface area contributed by atoms with Crippen molar-refractivity contribution in [1.29, 1.82) is 0 Å². The maximum absolute atomic E-state index is 12.3. The van der Waals surface area contributed by atoms with Crippen LogP contribution in [0.25, 0.3) is 0 Å². The highest BCUT2D eigenvalue weighted by molar-refractivity contribution is 9.10. The Hall–Kier alpha value is -1.63. The highest BCUT2D eigenvalue weighted by atomic mass is 79.9. The second-order valence-electron chi connectivity index (χ2n) is 4.51. The molecule has 6 nitrogen and oxygen atoms in total. The molecule has 0 aromatic carbocycles. The average molecular weight is 326 g/mol. The Bertz CT molecular complexity index is 563.